The second kappa shape index (κ2) is 6.88. The van der Waals surface area contributed by atoms with Gasteiger partial charge in [-0.2, -0.15) is 0 Å². The number of piperidine rings is 1. The fourth-order valence-electron chi connectivity index (χ4n) is 3.03. The first-order valence-electron chi connectivity index (χ1n) is 8.02. The van der Waals surface area contributed by atoms with Gasteiger partial charge in [0.05, 0.1) is 0 Å². The predicted molar refractivity (Wildman–Crippen MR) is 89.9 cm³/mol. The molecule has 4 heteroatoms. The van der Waals surface area contributed by atoms with E-state index >= 15 is 0 Å². The van der Waals surface area contributed by atoms with Crippen molar-refractivity contribution in [3.63, 3.8) is 0 Å². The van der Waals surface area contributed by atoms with Gasteiger partial charge in [-0.1, -0.05) is 23.8 Å². The molecule has 0 atom stereocenters. The summed E-state index contributed by atoms with van der Waals surface area (Å²) in [6.07, 6.45) is 5.70. The van der Waals surface area contributed by atoms with E-state index in [9.17, 15) is 0 Å². The van der Waals surface area contributed by atoms with Crippen LogP contribution in [-0.4, -0.2) is 34.0 Å². The minimum Gasteiger partial charge on any atom is -0.367 e. The molecule has 0 bridgehead atoms. The van der Waals surface area contributed by atoms with Crippen molar-refractivity contribution in [2.45, 2.75) is 39.3 Å². The van der Waals surface area contributed by atoms with Crippen molar-refractivity contribution in [1.82, 2.24) is 14.9 Å². The number of benzene rings is 1. The van der Waals surface area contributed by atoms with E-state index in [1.807, 2.05) is 6.07 Å². The molecule has 0 amide bonds. The van der Waals surface area contributed by atoms with E-state index in [1.54, 1.807) is 12.5 Å². The van der Waals surface area contributed by atoms with Crippen molar-refractivity contribution in [2.24, 2.45) is 0 Å². The summed E-state index contributed by atoms with van der Waals surface area (Å²) in [6, 6.07) is 9.19. The van der Waals surface area contributed by atoms with Crippen LogP contribution >= 0.6 is 0 Å². The summed E-state index contributed by atoms with van der Waals surface area (Å²) in [5, 5.41) is 3.51. The van der Waals surface area contributed by atoms with Gasteiger partial charge in [0.25, 0.3) is 0 Å². The topological polar surface area (TPSA) is 41.0 Å². The van der Waals surface area contributed by atoms with E-state index in [0.29, 0.717) is 6.04 Å². The zero-order chi connectivity index (χ0) is 15.4. The number of likely N-dealkylation sites (tertiary alicyclic amines) is 1. The quantitative estimate of drug-likeness (QED) is 0.941. The van der Waals surface area contributed by atoms with Crippen molar-refractivity contribution in [3.8, 4) is 0 Å². The van der Waals surface area contributed by atoms with E-state index < -0.39 is 0 Å². The van der Waals surface area contributed by atoms with Gasteiger partial charge in [-0.05, 0) is 43.9 Å². The standard InChI is InChI=1S/C18H24N4/c1-14-3-4-15(2)16(11-14)12-22-9-6-17(7-10-22)21-18-5-8-19-13-20-18/h3-5,8,11,13,17H,6-7,9-10,12H2,1-2H3,(H,19,20,21). The van der Waals surface area contributed by atoms with Crippen LogP contribution in [0, 0.1) is 13.8 Å². The third-order valence-electron chi connectivity index (χ3n) is 4.42. The number of aryl methyl sites for hydroxylation is 2. The Morgan fingerprint density at radius 3 is 2.73 bits per heavy atom. The van der Waals surface area contributed by atoms with E-state index in [0.717, 1.165) is 38.3 Å². The number of nitrogens with one attached hydrogen (secondary N) is 1. The molecule has 0 spiro atoms. The van der Waals surface area contributed by atoms with Crippen LogP contribution in [0.4, 0.5) is 5.82 Å². The van der Waals surface area contributed by atoms with Crippen molar-refractivity contribution in [3.05, 3.63) is 53.5 Å². The monoisotopic (exact) mass is 296 g/mol. The van der Waals surface area contributed by atoms with Crippen LogP contribution in [0.25, 0.3) is 0 Å². The zero-order valence-corrected chi connectivity index (χ0v) is 13.4. The number of nitrogens with zero attached hydrogens (tertiary/aromatic N) is 3. The molecular weight excluding hydrogens is 272 g/mol. The van der Waals surface area contributed by atoms with E-state index in [4.69, 9.17) is 0 Å². The molecule has 3 rings (SSSR count). The second-order valence-corrected chi connectivity index (χ2v) is 6.22. The van der Waals surface area contributed by atoms with Gasteiger partial charge >= 0.3 is 0 Å². The zero-order valence-electron chi connectivity index (χ0n) is 13.4. The Hall–Kier alpha value is -1.94. The van der Waals surface area contributed by atoms with Crippen LogP contribution in [0.2, 0.25) is 0 Å². The van der Waals surface area contributed by atoms with Crippen molar-refractivity contribution >= 4 is 5.82 Å². The molecule has 1 aliphatic rings. The minimum absolute atomic E-state index is 0.518. The Labute approximate surface area is 132 Å². The van der Waals surface area contributed by atoms with Crippen LogP contribution in [0.1, 0.15) is 29.5 Å². The van der Waals surface area contributed by atoms with Gasteiger partial charge in [0.15, 0.2) is 0 Å². The smallest absolute Gasteiger partial charge is 0.129 e. The Morgan fingerprint density at radius 2 is 2.00 bits per heavy atom. The number of hydrogen-bond donors (Lipinski definition) is 1. The molecule has 1 fully saturated rings. The first kappa shape index (κ1) is 15.0. The number of hydrogen-bond acceptors (Lipinski definition) is 4. The average molecular weight is 296 g/mol. The van der Waals surface area contributed by atoms with Crippen LogP contribution in [0.5, 0.6) is 0 Å². The van der Waals surface area contributed by atoms with Crippen LogP contribution in [-0.2, 0) is 6.54 Å². The number of rotatable bonds is 4. The summed E-state index contributed by atoms with van der Waals surface area (Å²) >= 11 is 0. The Kier molecular flexibility index (Phi) is 4.68. The molecule has 1 saturated heterocycles. The van der Waals surface area contributed by atoms with Crippen LogP contribution < -0.4 is 5.32 Å². The van der Waals surface area contributed by atoms with Gasteiger partial charge in [0.1, 0.15) is 12.1 Å². The second-order valence-electron chi connectivity index (χ2n) is 6.22. The third-order valence-corrected chi connectivity index (χ3v) is 4.42. The fraction of sp³-hybridized carbons (Fsp3) is 0.444. The van der Waals surface area contributed by atoms with Gasteiger partial charge in [0.2, 0.25) is 0 Å². The molecule has 0 saturated carbocycles. The highest BCUT2D eigenvalue weighted by molar-refractivity contribution is 5.33. The molecule has 4 nitrogen and oxygen atoms in total. The maximum atomic E-state index is 4.25. The highest BCUT2D eigenvalue weighted by atomic mass is 15.1. The lowest BCUT2D eigenvalue weighted by Crippen LogP contribution is -2.38. The van der Waals surface area contributed by atoms with Gasteiger partial charge in [-0.25, -0.2) is 9.97 Å². The summed E-state index contributed by atoms with van der Waals surface area (Å²) in [5.41, 5.74) is 4.20. The van der Waals surface area contributed by atoms with Crippen LogP contribution in [0.3, 0.4) is 0 Å². The van der Waals surface area contributed by atoms with Crippen molar-refractivity contribution in [2.75, 3.05) is 18.4 Å². The highest BCUT2D eigenvalue weighted by Gasteiger charge is 2.19. The first-order chi connectivity index (χ1) is 10.7. The molecule has 2 heterocycles. The average Bonchev–Trinajstić information content (AvgIpc) is 2.54. The molecule has 1 aromatic heterocycles. The lowest BCUT2D eigenvalue weighted by molar-refractivity contribution is 0.211. The largest absolute Gasteiger partial charge is 0.367 e. The fourth-order valence-corrected chi connectivity index (χ4v) is 3.03. The molecular formula is C18H24N4. The molecule has 116 valence electrons. The number of anilines is 1. The Balaban J connectivity index is 1.52. The summed E-state index contributed by atoms with van der Waals surface area (Å²) in [7, 11) is 0. The van der Waals surface area contributed by atoms with Gasteiger partial charge < -0.3 is 5.32 Å². The van der Waals surface area contributed by atoms with E-state index in [1.165, 1.54) is 16.7 Å². The molecule has 2 aromatic rings. The Bertz CT molecular complexity index is 604. The Morgan fingerprint density at radius 1 is 1.18 bits per heavy atom. The van der Waals surface area contributed by atoms with E-state index in [-0.39, 0.29) is 0 Å². The summed E-state index contributed by atoms with van der Waals surface area (Å²) in [6.45, 7) is 7.71. The van der Waals surface area contributed by atoms with Crippen molar-refractivity contribution < 1.29 is 0 Å². The molecule has 1 N–H and O–H groups in total. The van der Waals surface area contributed by atoms with Crippen molar-refractivity contribution in [1.29, 1.82) is 0 Å². The maximum absolute atomic E-state index is 4.25. The highest BCUT2D eigenvalue weighted by Crippen LogP contribution is 2.19. The van der Waals surface area contributed by atoms with E-state index in [2.05, 4.69) is 52.2 Å². The minimum atomic E-state index is 0.518. The SMILES string of the molecule is Cc1ccc(C)c(CN2CCC(Nc3ccncn3)CC2)c1. The predicted octanol–water partition coefficient (Wildman–Crippen LogP) is 3.17. The molecule has 1 aromatic carbocycles. The normalized spacial score (nSPS) is 16.6. The molecule has 0 aliphatic carbocycles. The van der Waals surface area contributed by atoms with Gasteiger partial charge in [0, 0.05) is 31.9 Å². The van der Waals surface area contributed by atoms with Gasteiger partial charge in [-0.15, -0.1) is 0 Å². The summed E-state index contributed by atoms with van der Waals surface area (Å²) in [4.78, 5) is 10.8. The molecule has 0 unspecified atom stereocenters. The molecule has 22 heavy (non-hydrogen) atoms. The van der Waals surface area contributed by atoms with Crippen LogP contribution in [0.15, 0.2) is 36.8 Å². The number of aromatic nitrogens is 2. The summed E-state index contributed by atoms with van der Waals surface area (Å²) in [5.74, 6) is 0.933. The summed E-state index contributed by atoms with van der Waals surface area (Å²) < 4.78 is 0. The maximum Gasteiger partial charge on any atom is 0.129 e. The molecule has 1 aliphatic heterocycles. The first-order valence-corrected chi connectivity index (χ1v) is 8.02. The lowest BCUT2D eigenvalue weighted by atomic mass is 10.0. The van der Waals surface area contributed by atoms with Gasteiger partial charge in [-0.3, -0.25) is 4.90 Å². The molecule has 0 radical (unpaired) electrons. The lowest BCUT2D eigenvalue weighted by Gasteiger charge is -2.33. The third kappa shape index (κ3) is 3.83.